The molecule has 0 atom stereocenters. The second-order valence-electron chi connectivity index (χ2n) is 7.92. The highest BCUT2D eigenvalue weighted by molar-refractivity contribution is 5.87. The van der Waals surface area contributed by atoms with Gasteiger partial charge in [0.05, 0.1) is 11.4 Å². The molecule has 0 unspecified atom stereocenters. The zero-order chi connectivity index (χ0) is 21.4. The molecule has 2 nitrogen and oxygen atoms in total. The third kappa shape index (κ3) is 3.36. The van der Waals surface area contributed by atoms with E-state index in [4.69, 9.17) is 4.98 Å². The SMILES string of the molecule is C=Cc1nc(-c2ccc3ccccc3c2)n(-c2ccc3c(c2)C=CCC(C)=C3)c1C=C. The maximum Gasteiger partial charge on any atom is 0.145 e. The molecule has 1 aromatic heterocycles. The molecule has 31 heavy (non-hydrogen) atoms. The monoisotopic (exact) mass is 400 g/mol. The molecular formula is C29H24N2. The van der Waals surface area contributed by atoms with Gasteiger partial charge in [-0.25, -0.2) is 4.98 Å². The Labute approximate surface area is 183 Å². The number of benzene rings is 3. The van der Waals surface area contributed by atoms with Gasteiger partial charge in [0, 0.05) is 11.3 Å². The van der Waals surface area contributed by atoms with Crippen LogP contribution < -0.4 is 0 Å². The van der Waals surface area contributed by atoms with Gasteiger partial charge in [-0.2, -0.15) is 0 Å². The number of imidazole rings is 1. The number of hydrogen-bond acceptors (Lipinski definition) is 1. The van der Waals surface area contributed by atoms with E-state index in [0.29, 0.717) is 0 Å². The number of aromatic nitrogens is 2. The van der Waals surface area contributed by atoms with Crippen LogP contribution in [0, 0.1) is 0 Å². The summed E-state index contributed by atoms with van der Waals surface area (Å²) in [5.41, 5.74) is 7.73. The summed E-state index contributed by atoms with van der Waals surface area (Å²) < 4.78 is 2.18. The van der Waals surface area contributed by atoms with Crippen LogP contribution in [-0.4, -0.2) is 9.55 Å². The van der Waals surface area contributed by atoms with Gasteiger partial charge in [-0.3, -0.25) is 4.57 Å². The van der Waals surface area contributed by atoms with Crippen LogP contribution in [0.15, 0.2) is 85.5 Å². The summed E-state index contributed by atoms with van der Waals surface area (Å²) in [5.74, 6) is 0.889. The summed E-state index contributed by atoms with van der Waals surface area (Å²) in [4.78, 5) is 4.94. The van der Waals surface area contributed by atoms with Gasteiger partial charge in [-0.1, -0.05) is 79.4 Å². The predicted molar refractivity (Wildman–Crippen MR) is 134 cm³/mol. The highest BCUT2D eigenvalue weighted by Gasteiger charge is 2.17. The lowest BCUT2D eigenvalue weighted by Gasteiger charge is -2.13. The van der Waals surface area contributed by atoms with Crippen LogP contribution >= 0.6 is 0 Å². The standard InChI is InChI=1S/C29H24N2/c1-4-27-28(5-2)31(26-16-15-24-17-20(3)9-8-12-23(24)19-26)29(30-27)25-14-13-21-10-6-7-11-22(21)18-25/h4-8,10-19H,1-2,9H2,3H3. The third-order valence-electron chi connectivity index (χ3n) is 5.80. The van der Waals surface area contributed by atoms with Crippen molar-refractivity contribution in [2.75, 3.05) is 0 Å². The summed E-state index contributed by atoms with van der Waals surface area (Å²) in [6, 6.07) is 21.5. The Hall–Kier alpha value is -3.91. The molecule has 1 aliphatic rings. The summed E-state index contributed by atoms with van der Waals surface area (Å²) in [5, 5.41) is 2.41. The van der Waals surface area contributed by atoms with Gasteiger partial charge < -0.3 is 0 Å². The van der Waals surface area contributed by atoms with E-state index in [2.05, 4.69) is 104 Å². The zero-order valence-electron chi connectivity index (χ0n) is 17.7. The van der Waals surface area contributed by atoms with E-state index < -0.39 is 0 Å². The first-order chi connectivity index (χ1) is 15.2. The van der Waals surface area contributed by atoms with Gasteiger partial charge in [0.1, 0.15) is 5.82 Å². The second-order valence-corrected chi connectivity index (χ2v) is 7.92. The first-order valence-electron chi connectivity index (χ1n) is 10.5. The fraction of sp³-hybridized carbons (Fsp3) is 0.0690. The number of nitrogens with zero attached hydrogens (tertiary/aromatic N) is 2. The van der Waals surface area contributed by atoms with Crippen molar-refractivity contribution in [2.45, 2.75) is 13.3 Å². The van der Waals surface area contributed by atoms with Crippen molar-refractivity contribution < 1.29 is 0 Å². The van der Waals surface area contributed by atoms with Crippen molar-refractivity contribution >= 4 is 35.1 Å². The van der Waals surface area contributed by atoms with Crippen molar-refractivity contribution in [1.82, 2.24) is 9.55 Å². The Morgan fingerprint density at radius 2 is 1.74 bits per heavy atom. The maximum absolute atomic E-state index is 4.94. The molecule has 0 saturated heterocycles. The van der Waals surface area contributed by atoms with Crippen LogP contribution in [0.25, 0.3) is 52.2 Å². The van der Waals surface area contributed by atoms with Crippen molar-refractivity contribution in [1.29, 1.82) is 0 Å². The highest BCUT2D eigenvalue weighted by Crippen LogP contribution is 2.32. The van der Waals surface area contributed by atoms with E-state index in [0.717, 1.165) is 34.9 Å². The van der Waals surface area contributed by atoms with Gasteiger partial charge in [0.2, 0.25) is 0 Å². The first-order valence-corrected chi connectivity index (χ1v) is 10.5. The van der Waals surface area contributed by atoms with Gasteiger partial charge in [-0.15, -0.1) is 0 Å². The van der Waals surface area contributed by atoms with E-state index in [9.17, 15) is 0 Å². The number of fused-ring (bicyclic) bond motifs is 2. The van der Waals surface area contributed by atoms with E-state index in [1.54, 1.807) is 6.08 Å². The van der Waals surface area contributed by atoms with E-state index in [1.165, 1.54) is 27.5 Å². The van der Waals surface area contributed by atoms with Gasteiger partial charge in [-0.05, 0) is 65.6 Å². The molecule has 2 heteroatoms. The van der Waals surface area contributed by atoms with Crippen molar-refractivity contribution in [3.8, 4) is 17.1 Å². The largest absolute Gasteiger partial charge is 0.292 e. The van der Waals surface area contributed by atoms with Gasteiger partial charge in [0.15, 0.2) is 0 Å². The predicted octanol–water partition coefficient (Wildman–Crippen LogP) is 7.80. The van der Waals surface area contributed by atoms with E-state index in [-0.39, 0.29) is 0 Å². The van der Waals surface area contributed by atoms with Crippen molar-refractivity contribution in [3.63, 3.8) is 0 Å². The third-order valence-corrected chi connectivity index (χ3v) is 5.80. The van der Waals surface area contributed by atoms with Crippen molar-refractivity contribution in [2.24, 2.45) is 0 Å². The van der Waals surface area contributed by atoms with Crippen molar-refractivity contribution in [3.05, 3.63) is 108 Å². The maximum atomic E-state index is 4.94. The molecular weight excluding hydrogens is 376 g/mol. The minimum atomic E-state index is 0.833. The second kappa shape index (κ2) is 7.73. The molecule has 1 heterocycles. The minimum Gasteiger partial charge on any atom is -0.292 e. The molecule has 5 rings (SSSR count). The number of hydrogen-bond donors (Lipinski definition) is 0. The molecule has 0 spiro atoms. The average molecular weight is 401 g/mol. The molecule has 0 saturated carbocycles. The van der Waals surface area contributed by atoms with Crippen LogP contribution in [0.4, 0.5) is 0 Å². The fourth-order valence-corrected chi connectivity index (χ4v) is 4.25. The smallest absolute Gasteiger partial charge is 0.145 e. The molecule has 3 aromatic carbocycles. The molecule has 1 aliphatic carbocycles. The first kappa shape index (κ1) is 19.1. The molecule has 150 valence electrons. The quantitative estimate of drug-likeness (QED) is 0.342. The summed E-state index contributed by atoms with van der Waals surface area (Å²) >= 11 is 0. The lowest BCUT2D eigenvalue weighted by molar-refractivity contribution is 1.05. The Kier molecular flexibility index (Phi) is 4.76. The summed E-state index contributed by atoms with van der Waals surface area (Å²) in [6.07, 6.45) is 11.3. The van der Waals surface area contributed by atoms with E-state index >= 15 is 0 Å². The number of rotatable bonds is 4. The van der Waals surface area contributed by atoms with Gasteiger partial charge >= 0.3 is 0 Å². The molecule has 0 bridgehead atoms. The fourth-order valence-electron chi connectivity index (χ4n) is 4.25. The minimum absolute atomic E-state index is 0.833. The Bertz CT molecular complexity index is 1400. The molecule has 0 N–H and O–H groups in total. The van der Waals surface area contributed by atoms with Gasteiger partial charge in [0.25, 0.3) is 0 Å². The summed E-state index contributed by atoms with van der Waals surface area (Å²) in [6.45, 7) is 10.2. The highest BCUT2D eigenvalue weighted by atomic mass is 15.1. The average Bonchev–Trinajstić information content (AvgIpc) is 3.07. The molecule has 0 fully saturated rings. The molecule has 0 amide bonds. The topological polar surface area (TPSA) is 17.8 Å². The lowest BCUT2D eigenvalue weighted by atomic mass is 10.0. The van der Waals surface area contributed by atoms with Crippen LogP contribution in [0.1, 0.15) is 35.9 Å². The normalized spacial score (nSPS) is 12.9. The number of allylic oxidation sites excluding steroid dienone is 2. The molecule has 0 aliphatic heterocycles. The Balaban J connectivity index is 1.75. The van der Waals surface area contributed by atoms with Crippen LogP contribution in [0.2, 0.25) is 0 Å². The Morgan fingerprint density at radius 3 is 2.55 bits per heavy atom. The summed E-state index contributed by atoms with van der Waals surface area (Å²) in [7, 11) is 0. The van der Waals surface area contributed by atoms with Crippen LogP contribution in [0.5, 0.6) is 0 Å². The molecule has 0 radical (unpaired) electrons. The molecule has 4 aromatic rings. The van der Waals surface area contributed by atoms with E-state index in [1.807, 2.05) is 6.08 Å². The lowest BCUT2D eigenvalue weighted by Crippen LogP contribution is -2.01. The van der Waals surface area contributed by atoms with Crippen LogP contribution in [0.3, 0.4) is 0 Å². The Morgan fingerprint density at radius 1 is 0.903 bits per heavy atom. The van der Waals surface area contributed by atoms with Crippen LogP contribution in [-0.2, 0) is 0 Å². The zero-order valence-corrected chi connectivity index (χ0v) is 17.7.